The van der Waals surface area contributed by atoms with E-state index in [9.17, 15) is 18.0 Å². The molecule has 0 aliphatic carbocycles. The summed E-state index contributed by atoms with van der Waals surface area (Å²) in [5.74, 6) is -0.617. The van der Waals surface area contributed by atoms with E-state index in [1.807, 2.05) is 20.8 Å². The molecule has 1 saturated heterocycles. The van der Waals surface area contributed by atoms with Crippen molar-refractivity contribution in [2.75, 3.05) is 31.1 Å². The number of sulfonamides is 1. The number of nitrogens with one attached hydrogen (secondary N) is 1. The molecule has 1 atom stereocenters. The molecule has 1 heterocycles. The van der Waals surface area contributed by atoms with Gasteiger partial charge in [0.25, 0.3) is 0 Å². The van der Waals surface area contributed by atoms with Gasteiger partial charge in [-0.25, -0.2) is 8.42 Å². The van der Waals surface area contributed by atoms with Gasteiger partial charge in [-0.15, -0.1) is 0 Å². The maximum Gasteiger partial charge on any atom is 0.243 e. The third-order valence-corrected chi connectivity index (χ3v) is 6.49. The molecule has 1 N–H and O–H groups in total. The Kier molecular flexibility index (Phi) is 7.38. The van der Waals surface area contributed by atoms with Gasteiger partial charge >= 0.3 is 0 Å². The summed E-state index contributed by atoms with van der Waals surface area (Å²) in [6.45, 7) is 7.55. The Morgan fingerprint density at radius 2 is 1.74 bits per heavy atom. The van der Waals surface area contributed by atoms with Crippen LogP contribution in [-0.2, 0) is 19.6 Å². The van der Waals surface area contributed by atoms with Crippen molar-refractivity contribution < 1.29 is 18.0 Å². The molecule has 0 spiro atoms. The zero-order valence-electron chi connectivity index (χ0n) is 16.3. The number of carbonyl (C=O) groups is 2. The topological polar surface area (TPSA) is 86.8 Å². The summed E-state index contributed by atoms with van der Waals surface area (Å²) in [4.78, 5) is 26.0. The molecule has 2 rings (SSSR count). The maximum absolute atomic E-state index is 12.8. The molecule has 150 valence electrons. The molecule has 2 amide bonds. The Morgan fingerprint density at radius 3 is 2.26 bits per heavy atom. The highest BCUT2D eigenvalue weighted by atomic mass is 32.2. The monoisotopic (exact) mass is 395 g/mol. The summed E-state index contributed by atoms with van der Waals surface area (Å²) in [6.07, 6.45) is 1.67. The molecule has 1 aliphatic heterocycles. The predicted molar refractivity (Wildman–Crippen MR) is 105 cm³/mol. The minimum atomic E-state index is -3.54. The summed E-state index contributed by atoms with van der Waals surface area (Å²) in [6, 6.07) is 6.35. The highest BCUT2D eigenvalue weighted by molar-refractivity contribution is 7.89. The van der Waals surface area contributed by atoms with Gasteiger partial charge in [0.2, 0.25) is 21.8 Å². The van der Waals surface area contributed by atoms with Gasteiger partial charge in [0.15, 0.2) is 0 Å². The van der Waals surface area contributed by atoms with Crippen molar-refractivity contribution >= 4 is 27.5 Å². The number of anilines is 1. The number of carbonyl (C=O) groups excluding carboxylic acids is 2. The quantitative estimate of drug-likeness (QED) is 0.693. The summed E-state index contributed by atoms with van der Waals surface area (Å²) >= 11 is 0. The lowest BCUT2D eigenvalue weighted by atomic mass is 10.1. The van der Waals surface area contributed by atoms with Crippen LogP contribution in [0.5, 0.6) is 0 Å². The van der Waals surface area contributed by atoms with Gasteiger partial charge in [-0.3, -0.25) is 9.59 Å². The molecule has 1 fully saturated rings. The van der Waals surface area contributed by atoms with E-state index in [0.717, 1.165) is 12.8 Å². The lowest BCUT2D eigenvalue weighted by Crippen LogP contribution is -2.33. The number of benzene rings is 1. The van der Waals surface area contributed by atoms with Crippen LogP contribution in [0.2, 0.25) is 0 Å². The first-order valence-electron chi connectivity index (χ1n) is 9.53. The van der Waals surface area contributed by atoms with E-state index in [1.165, 1.54) is 16.4 Å². The van der Waals surface area contributed by atoms with Crippen LogP contribution >= 0.6 is 0 Å². The van der Waals surface area contributed by atoms with E-state index in [1.54, 1.807) is 17.0 Å². The van der Waals surface area contributed by atoms with Crippen LogP contribution in [0.4, 0.5) is 5.69 Å². The van der Waals surface area contributed by atoms with E-state index < -0.39 is 10.0 Å². The average molecular weight is 396 g/mol. The summed E-state index contributed by atoms with van der Waals surface area (Å²) < 4.78 is 27.1. The van der Waals surface area contributed by atoms with E-state index in [4.69, 9.17) is 0 Å². The van der Waals surface area contributed by atoms with Gasteiger partial charge in [0, 0.05) is 38.3 Å². The Bertz CT molecular complexity index is 756. The number of rotatable bonds is 9. The Hall–Kier alpha value is -1.93. The number of amides is 2. The number of hydrogen-bond acceptors (Lipinski definition) is 4. The van der Waals surface area contributed by atoms with Crippen LogP contribution in [0.1, 0.15) is 40.0 Å². The number of hydrogen-bond donors (Lipinski definition) is 1. The van der Waals surface area contributed by atoms with Gasteiger partial charge < -0.3 is 10.2 Å². The van der Waals surface area contributed by atoms with Crippen molar-refractivity contribution in [3.8, 4) is 0 Å². The molecule has 0 aromatic heterocycles. The third kappa shape index (κ3) is 4.87. The van der Waals surface area contributed by atoms with Gasteiger partial charge in [-0.1, -0.05) is 13.8 Å². The van der Waals surface area contributed by atoms with Crippen molar-refractivity contribution in [3.05, 3.63) is 24.3 Å². The third-order valence-electron chi connectivity index (χ3n) is 4.58. The summed E-state index contributed by atoms with van der Waals surface area (Å²) in [5.41, 5.74) is 0.614. The lowest BCUT2D eigenvalue weighted by Gasteiger charge is -2.22. The molecule has 0 saturated carbocycles. The number of nitrogens with zero attached hydrogens (tertiary/aromatic N) is 2. The molecule has 0 unspecified atom stereocenters. The predicted octanol–water partition coefficient (Wildman–Crippen LogP) is 1.99. The second-order valence-corrected chi connectivity index (χ2v) is 8.64. The minimum Gasteiger partial charge on any atom is -0.356 e. The Morgan fingerprint density at radius 1 is 1.15 bits per heavy atom. The van der Waals surface area contributed by atoms with Crippen molar-refractivity contribution in [2.24, 2.45) is 5.92 Å². The van der Waals surface area contributed by atoms with Crippen molar-refractivity contribution in [1.29, 1.82) is 0 Å². The Balaban J connectivity index is 2.17. The summed E-state index contributed by atoms with van der Waals surface area (Å²) in [7, 11) is -3.54. The fourth-order valence-corrected chi connectivity index (χ4v) is 4.87. The first-order valence-corrected chi connectivity index (χ1v) is 11.0. The van der Waals surface area contributed by atoms with Crippen LogP contribution in [0, 0.1) is 5.92 Å². The van der Waals surface area contributed by atoms with Crippen LogP contribution in [0.15, 0.2) is 29.2 Å². The first-order chi connectivity index (χ1) is 12.8. The normalized spacial score (nSPS) is 17.6. The molecule has 8 heteroatoms. The van der Waals surface area contributed by atoms with Crippen LogP contribution in [-0.4, -0.2) is 50.7 Å². The summed E-state index contributed by atoms with van der Waals surface area (Å²) in [5, 5.41) is 2.74. The second kappa shape index (κ2) is 9.32. The molecule has 0 radical (unpaired) electrons. The lowest BCUT2D eigenvalue weighted by molar-refractivity contribution is -0.126. The smallest absolute Gasteiger partial charge is 0.243 e. The fraction of sp³-hybridized carbons (Fsp3) is 0.579. The van der Waals surface area contributed by atoms with Gasteiger partial charge in [0.05, 0.1) is 10.8 Å². The molecule has 27 heavy (non-hydrogen) atoms. The highest BCUT2D eigenvalue weighted by Gasteiger charge is 2.35. The van der Waals surface area contributed by atoms with Crippen molar-refractivity contribution in [3.63, 3.8) is 0 Å². The largest absolute Gasteiger partial charge is 0.356 e. The van der Waals surface area contributed by atoms with Gasteiger partial charge in [0.1, 0.15) is 0 Å². The van der Waals surface area contributed by atoms with Crippen LogP contribution < -0.4 is 10.2 Å². The molecule has 1 aliphatic rings. The maximum atomic E-state index is 12.8. The standard InChI is InChI=1S/C19H29N3O4S/c1-4-11-21(12-5-2)27(25,26)17-9-7-16(8-10-17)22-14-15(13-18(22)23)19(24)20-6-3/h7-10,15H,4-6,11-14H2,1-3H3,(H,20,24)/t15-/m0/s1. The van der Waals surface area contributed by atoms with E-state index >= 15 is 0 Å². The van der Waals surface area contributed by atoms with Crippen LogP contribution in [0.3, 0.4) is 0 Å². The molecule has 7 nitrogen and oxygen atoms in total. The SMILES string of the molecule is CCCN(CCC)S(=O)(=O)c1ccc(N2C[C@@H](C(=O)NCC)CC2=O)cc1. The fourth-order valence-electron chi connectivity index (χ4n) is 3.25. The minimum absolute atomic E-state index is 0.123. The first kappa shape index (κ1) is 21.4. The zero-order chi connectivity index (χ0) is 20.0. The molecule has 1 aromatic carbocycles. The molecular formula is C19H29N3O4S. The van der Waals surface area contributed by atoms with E-state index in [0.29, 0.717) is 31.9 Å². The van der Waals surface area contributed by atoms with Crippen molar-refractivity contribution in [1.82, 2.24) is 9.62 Å². The van der Waals surface area contributed by atoms with Crippen LogP contribution in [0.25, 0.3) is 0 Å². The molecule has 0 bridgehead atoms. The Labute approximate surface area is 161 Å². The van der Waals surface area contributed by atoms with E-state index in [-0.39, 0.29) is 29.0 Å². The molecule has 1 aromatic rings. The second-order valence-electron chi connectivity index (χ2n) is 6.70. The zero-order valence-corrected chi connectivity index (χ0v) is 17.1. The van der Waals surface area contributed by atoms with Gasteiger partial charge in [-0.2, -0.15) is 4.31 Å². The van der Waals surface area contributed by atoms with E-state index in [2.05, 4.69) is 5.32 Å². The van der Waals surface area contributed by atoms with Crippen molar-refractivity contribution in [2.45, 2.75) is 44.9 Å². The van der Waals surface area contributed by atoms with Gasteiger partial charge in [-0.05, 0) is 44.0 Å². The highest BCUT2D eigenvalue weighted by Crippen LogP contribution is 2.27. The average Bonchev–Trinajstić information content (AvgIpc) is 3.04. The molecular weight excluding hydrogens is 366 g/mol.